The number of fused-ring (bicyclic) bond motifs is 2. The van der Waals surface area contributed by atoms with Gasteiger partial charge in [-0.25, -0.2) is 5.21 Å². The van der Waals surface area contributed by atoms with Crippen molar-refractivity contribution in [3.63, 3.8) is 0 Å². The maximum atomic E-state index is 11.6. The average Bonchev–Trinajstić information content (AvgIpc) is 3.42. The first-order chi connectivity index (χ1) is 17.7. The van der Waals surface area contributed by atoms with E-state index in [1.807, 2.05) is 12.4 Å². The number of nitrogens with zero attached hydrogens (tertiary/aromatic N) is 2. The van der Waals surface area contributed by atoms with Gasteiger partial charge in [-0.05, 0) is 111 Å². The molecule has 3 unspecified atom stereocenters. The van der Waals surface area contributed by atoms with Crippen LogP contribution in [0, 0.1) is 11.3 Å². The van der Waals surface area contributed by atoms with E-state index < -0.39 is 0 Å². The molecule has 0 amide bonds. The van der Waals surface area contributed by atoms with Crippen LogP contribution in [-0.2, 0) is 4.74 Å². The van der Waals surface area contributed by atoms with Crippen molar-refractivity contribution in [2.75, 3.05) is 6.54 Å². The maximum absolute atomic E-state index is 11.6. The summed E-state index contributed by atoms with van der Waals surface area (Å²) >= 11 is 0. The van der Waals surface area contributed by atoms with Crippen LogP contribution in [0.15, 0.2) is 60.0 Å². The molecule has 37 heavy (non-hydrogen) atoms. The van der Waals surface area contributed by atoms with Gasteiger partial charge < -0.3 is 4.74 Å². The molecule has 4 nitrogen and oxygen atoms in total. The van der Waals surface area contributed by atoms with Crippen LogP contribution in [0.2, 0.25) is 0 Å². The van der Waals surface area contributed by atoms with Crippen molar-refractivity contribution in [3.05, 3.63) is 65.5 Å². The van der Waals surface area contributed by atoms with E-state index >= 15 is 0 Å². The first-order valence-corrected chi connectivity index (χ1v) is 14.8. The molecule has 2 spiro atoms. The van der Waals surface area contributed by atoms with Crippen LogP contribution in [0.25, 0.3) is 10.8 Å². The second kappa shape index (κ2) is 8.00. The Balaban J connectivity index is 1.24. The van der Waals surface area contributed by atoms with Gasteiger partial charge in [-0.3, -0.25) is 4.98 Å². The van der Waals surface area contributed by atoms with Gasteiger partial charge in [0.2, 0.25) is 0 Å². The van der Waals surface area contributed by atoms with Crippen LogP contribution in [0.3, 0.4) is 0 Å². The third-order valence-electron chi connectivity index (χ3n) is 11.8. The fourth-order valence-electron chi connectivity index (χ4n) is 9.68. The number of quaternary nitrogens is 1. The van der Waals surface area contributed by atoms with Crippen molar-refractivity contribution in [1.82, 2.24) is 4.98 Å². The summed E-state index contributed by atoms with van der Waals surface area (Å²) in [6, 6.07) is 9.62. The average molecular weight is 500 g/mol. The normalized spacial score (nSPS) is 40.0. The van der Waals surface area contributed by atoms with Gasteiger partial charge in [-0.1, -0.05) is 31.2 Å². The van der Waals surface area contributed by atoms with Gasteiger partial charge in [0.1, 0.15) is 18.6 Å². The van der Waals surface area contributed by atoms with Gasteiger partial charge in [0.15, 0.2) is 0 Å². The van der Waals surface area contributed by atoms with Crippen LogP contribution >= 0.6 is 0 Å². The molecule has 0 radical (unpaired) electrons. The number of allylic oxidation sites excluding steroid dienone is 1. The quantitative estimate of drug-likeness (QED) is 0.350. The third-order valence-corrected chi connectivity index (χ3v) is 11.8. The SMILES string of the molecule is CC[N+](O)(C(C)C)[C@@H]1CCC2=CC3=CCC4(C)C(c5ccc6ccncc6c5)CC[C@H]4[C@@]34CC[C@]2(C1)O4. The van der Waals surface area contributed by atoms with E-state index in [0.29, 0.717) is 11.8 Å². The largest absolute Gasteiger partial charge is 0.359 e. The van der Waals surface area contributed by atoms with Gasteiger partial charge >= 0.3 is 0 Å². The topological polar surface area (TPSA) is 42.4 Å². The summed E-state index contributed by atoms with van der Waals surface area (Å²) in [4.78, 5) is 4.39. The number of pyridine rings is 1. The molecule has 3 aliphatic carbocycles. The Morgan fingerprint density at radius 1 is 1.14 bits per heavy atom. The van der Waals surface area contributed by atoms with E-state index in [9.17, 15) is 5.21 Å². The summed E-state index contributed by atoms with van der Waals surface area (Å²) < 4.78 is 7.67. The molecule has 2 aliphatic heterocycles. The molecule has 1 saturated heterocycles. The molecule has 5 aliphatic rings. The van der Waals surface area contributed by atoms with Crippen LogP contribution < -0.4 is 0 Å². The number of hydrogen-bond acceptors (Lipinski definition) is 3. The molecule has 7 rings (SSSR count). The second-order valence-corrected chi connectivity index (χ2v) is 13.4. The minimum absolute atomic E-state index is 0.152. The van der Waals surface area contributed by atoms with E-state index in [4.69, 9.17) is 4.74 Å². The Morgan fingerprint density at radius 2 is 2.00 bits per heavy atom. The highest BCUT2D eigenvalue weighted by Crippen LogP contribution is 2.69. The summed E-state index contributed by atoms with van der Waals surface area (Å²) in [6.07, 6.45) is 17.9. The Morgan fingerprint density at radius 3 is 2.81 bits per heavy atom. The predicted octanol–water partition coefficient (Wildman–Crippen LogP) is 7.48. The molecule has 1 aromatic carbocycles. The summed E-state index contributed by atoms with van der Waals surface area (Å²) in [6.45, 7) is 9.78. The van der Waals surface area contributed by atoms with E-state index in [1.54, 1.807) is 0 Å². The lowest BCUT2D eigenvalue weighted by Crippen LogP contribution is -2.62. The smallest absolute Gasteiger partial charge is 0.122 e. The summed E-state index contributed by atoms with van der Waals surface area (Å²) in [5, 5.41) is 14.2. The van der Waals surface area contributed by atoms with Gasteiger partial charge in [-0.2, -0.15) is 4.65 Å². The summed E-state index contributed by atoms with van der Waals surface area (Å²) in [5.41, 5.74) is 4.32. The molecular weight excluding hydrogens is 456 g/mol. The van der Waals surface area contributed by atoms with E-state index in [-0.39, 0.29) is 33.3 Å². The van der Waals surface area contributed by atoms with Crippen LogP contribution in [0.4, 0.5) is 0 Å². The fraction of sp³-hybridized carbons (Fsp3) is 0.606. The molecule has 1 aromatic heterocycles. The van der Waals surface area contributed by atoms with Crippen LogP contribution in [0.5, 0.6) is 0 Å². The number of ether oxygens (including phenoxy) is 1. The molecule has 7 atom stereocenters. The molecular formula is C33H43N2O2+. The highest BCUT2D eigenvalue weighted by molar-refractivity contribution is 5.82. The number of rotatable bonds is 4. The standard InChI is InChI=1S/C33H43N2O2/c1-5-35(36,22(2)3)28-9-8-26-19-27-12-14-31(4)29(24-7-6-23-13-17-34-21-25(23)18-24)10-11-30(31)33(27)16-15-32(26,20-28)37-33/h6-7,12-13,17-19,21-22,28-30,36H,5,8-11,14-16,20H2,1-4H3/q+1/t28-,29?,30-,31?,32-,33-,35?/m1/s1. The van der Waals surface area contributed by atoms with E-state index in [1.165, 1.54) is 40.3 Å². The summed E-state index contributed by atoms with van der Waals surface area (Å²) in [7, 11) is 0. The van der Waals surface area contributed by atoms with Crippen LogP contribution in [0.1, 0.15) is 90.5 Å². The Bertz CT molecular complexity index is 1310. The molecule has 2 saturated carbocycles. The Hall–Kier alpha value is -2.01. The predicted molar refractivity (Wildman–Crippen MR) is 147 cm³/mol. The highest BCUT2D eigenvalue weighted by atomic mass is 16.6. The van der Waals surface area contributed by atoms with Crippen LogP contribution in [-0.4, -0.2) is 44.7 Å². The van der Waals surface area contributed by atoms with E-state index in [0.717, 1.165) is 45.1 Å². The first kappa shape index (κ1) is 24.1. The second-order valence-electron chi connectivity index (χ2n) is 13.4. The van der Waals surface area contributed by atoms with Crippen molar-refractivity contribution in [2.45, 2.75) is 108 Å². The molecule has 2 bridgehead atoms. The number of benzene rings is 1. The zero-order valence-electron chi connectivity index (χ0n) is 23.0. The summed E-state index contributed by atoms with van der Waals surface area (Å²) in [5.74, 6) is 1.08. The lowest BCUT2D eigenvalue weighted by molar-refractivity contribution is -1.13. The zero-order valence-corrected chi connectivity index (χ0v) is 23.0. The first-order valence-electron chi connectivity index (χ1n) is 14.8. The van der Waals surface area contributed by atoms with Crippen molar-refractivity contribution in [2.24, 2.45) is 11.3 Å². The zero-order chi connectivity index (χ0) is 25.6. The van der Waals surface area contributed by atoms with Crippen molar-refractivity contribution < 1.29 is 14.6 Å². The minimum atomic E-state index is -0.179. The van der Waals surface area contributed by atoms with Gasteiger partial charge in [0.05, 0.1) is 11.2 Å². The molecule has 1 N–H and O–H groups in total. The molecule has 3 heterocycles. The van der Waals surface area contributed by atoms with Gasteiger partial charge in [0, 0.05) is 30.6 Å². The molecule has 4 heteroatoms. The lowest BCUT2D eigenvalue weighted by atomic mass is 9.58. The maximum Gasteiger partial charge on any atom is 0.122 e. The number of aromatic nitrogens is 1. The van der Waals surface area contributed by atoms with Gasteiger partial charge in [-0.15, -0.1) is 0 Å². The van der Waals surface area contributed by atoms with E-state index in [2.05, 4.69) is 69.1 Å². The Kier molecular flexibility index (Phi) is 5.20. The third kappa shape index (κ3) is 3.16. The van der Waals surface area contributed by atoms with Crippen molar-refractivity contribution in [1.29, 1.82) is 0 Å². The fourth-order valence-corrected chi connectivity index (χ4v) is 9.68. The van der Waals surface area contributed by atoms with Crippen molar-refractivity contribution in [3.8, 4) is 0 Å². The molecule has 196 valence electrons. The Labute approximate surface area is 222 Å². The minimum Gasteiger partial charge on any atom is -0.359 e. The molecule has 2 aromatic rings. The molecule has 3 fully saturated rings. The van der Waals surface area contributed by atoms with Crippen molar-refractivity contribution >= 4 is 10.8 Å². The monoisotopic (exact) mass is 499 g/mol. The number of hydrogen-bond donors (Lipinski definition) is 1. The highest BCUT2D eigenvalue weighted by Gasteiger charge is 2.67. The lowest BCUT2D eigenvalue weighted by Gasteiger charge is -2.55. The van der Waals surface area contributed by atoms with Gasteiger partial charge in [0.25, 0.3) is 0 Å². The number of hydroxylamine groups is 3.